The van der Waals surface area contributed by atoms with E-state index in [2.05, 4.69) is 46.4 Å². The molecule has 0 amide bonds. The van der Waals surface area contributed by atoms with Crippen molar-refractivity contribution in [3.8, 4) is 0 Å². The van der Waals surface area contributed by atoms with Gasteiger partial charge < -0.3 is 15.2 Å². The Morgan fingerprint density at radius 3 is 2.95 bits per heavy atom. The van der Waals surface area contributed by atoms with Gasteiger partial charge in [0.25, 0.3) is 0 Å². The lowest BCUT2D eigenvalue weighted by atomic mass is 9.84. The number of rotatable bonds is 6. The van der Waals surface area contributed by atoms with Gasteiger partial charge in [-0.05, 0) is 43.0 Å². The molecule has 19 heavy (non-hydrogen) atoms. The van der Waals surface area contributed by atoms with Gasteiger partial charge in [-0.2, -0.15) is 0 Å². The van der Waals surface area contributed by atoms with Gasteiger partial charge in [-0.25, -0.2) is 0 Å². The molecule has 0 aliphatic carbocycles. The van der Waals surface area contributed by atoms with E-state index in [0.717, 1.165) is 43.6 Å². The van der Waals surface area contributed by atoms with Crippen LogP contribution in [0.5, 0.6) is 0 Å². The predicted molar refractivity (Wildman–Crippen MR) is 80.2 cm³/mol. The zero-order valence-corrected chi connectivity index (χ0v) is 13.0. The van der Waals surface area contributed by atoms with Crippen molar-refractivity contribution in [3.05, 3.63) is 33.8 Å². The molecule has 1 aliphatic rings. The first-order valence-corrected chi connectivity index (χ1v) is 7.59. The van der Waals surface area contributed by atoms with E-state index < -0.39 is 0 Å². The molecule has 0 radical (unpaired) electrons. The molecule has 1 atom stereocenters. The fourth-order valence-corrected chi connectivity index (χ4v) is 3.11. The topological polar surface area (TPSA) is 41.5 Å². The molecule has 2 N–H and O–H groups in total. The number of ether oxygens (including phenoxy) is 1. The zero-order valence-electron chi connectivity index (χ0n) is 11.4. The van der Waals surface area contributed by atoms with Crippen LogP contribution in [0.15, 0.2) is 22.7 Å². The molecule has 1 aromatic carbocycles. The second-order valence-corrected chi connectivity index (χ2v) is 6.37. The van der Waals surface area contributed by atoms with Crippen LogP contribution < -0.4 is 5.32 Å². The quantitative estimate of drug-likeness (QED) is 0.844. The fourth-order valence-electron chi connectivity index (χ4n) is 2.63. The Labute approximate surface area is 123 Å². The second-order valence-electron chi connectivity index (χ2n) is 5.45. The highest BCUT2D eigenvalue weighted by Crippen LogP contribution is 2.31. The molecule has 3 nitrogen and oxygen atoms in total. The Morgan fingerprint density at radius 1 is 1.47 bits per heavy atom. The summed E-state index contributed by atoms with van der Waals surface area (Å²) in [6, 6.07) is 6.36. The summed E-state index contributed by atoms with van der Waals surface area (Å²) in [4.78, 5) is 0. The van der Waals surface area contributed by atoms with Crippen LogP contribution in [-0.2, 0) is 11.3 Å². The molecule has 1 unspecified atom stereocenters. The minimum atomic E-state index is 0.123. The first-order chi connectivity index (χ1) is 9.15. The number of hydrogen-bond acceptors (Lipinski definition) is 3. The summed E-state index contributed by atoms with van der Waals surface area (Å²) in [5, 5.41) is 12.7. The highest BCUT2D eigenvalue weighted by Gasteiger charge is 2.33. The van der Waals surface area contributed by atoms with E-state index in [9.17, 15) is 5.11 Å². The van der Waals surface area contributed by atoms with Crippen LogP contribution in [0.25, 0.3) is 0 Å². The van der Waals surface area contributed by atoms with Gasteiger partial charge in [0.1, 0.15) is 0 Å². The third-order valence-corrected chi connectivity index (χ3v) is 4.44. The van der Waals surface area contributed by atoms with E-state index in [-0.39, 0.29) is 12.0 Å². The lowest BCUT2D eigenvalue weighted by Gasteiger charge is -2.27. The van der Waals surface area contributed by atoms with Crippen molar-refractivity contribution in [2.45, 2.75) is 26.3 Å². The van der Waals surface area contributed by atoms with Crippen molar-refractivity contribution in [2.75, 3.05) is 26.4 Å². The minimum absolute atomic E-state index is 0.123. The molecule has 0 aromatic heterocycles. The first kappa shape index (κ1) is 15.0. The molecular formula is C15H22BrNO2. The van der Waals surface area contributed by atoms with E-state index >= 15 is 0 Å². The van der Waals surface area contributed by atoms with Gasteiger partial charge in [-0.3, -0.25) is 0 Å². The Kier molecular flexibility index (Phi) is 5.39. The number of halogens is 1. The summed E-state index contributed by atoms with van der Waals surface area (Å²) in [5.74, 6) is 0. The number of hydrogen-bond donors (Lipinski definition) is 2. The lowest BCUT2D eigenvalue weighted by Crippen LogP contribution is -2.35. The Balaban J connectivity index is 1.88. The molecule has 106 valence electrons. The summed E-state index contributed by atoms with van der Waals surface area (Å²) in [6.07, 6.45) is 1.86. The maximum absolute atomic E-state index is 9.19. The normalized spacial score (nSPS) is 22.9. The van der Waals surface area contributed by atoms with Crippen LogP contribution in [0, 0.1) is 12.3 Å². The van der Waals surface area contributed by atoms with Gasteiger partial charge in [0.15, 0.2) is 0 Å². The number of aryl methyl sites for hydroxylation is 1. The molecule has 0 bridgehead atoms. The minimum Gasteiger partial charge on any atom is -0.396 e. The Morgan fingerprint density at radius 2 is 2.32 bits per heavy atom. The summed E-state index contributed by atoms with van der Waals surface area (Å²) < 4.78 is 6.62. The van der Waals surface area contributed by atoms with Crippen LogP contribution in [0.4, 0.5) is 0 Å². The van der Waals surface area contributed by atoms with Crippen LogP contribution in [-0.4, -0.2) is 31.5 Å². The largest absolute Gasteiger partial charge is 0.396 e. The summed E-state index contributed by atoms with van der Waals surface area (Å²) in [7, 11) is 0. The van der Waals surface area contributed by atoms with Crippen LogP contribution >= 0.6 is 15.9 Å². The third kappa shape index (κ3) is 4.02. The third-order valence-electron chi connectivity index (χ3n) is 3.95. The summed E-state index contributed by atoms with van der Waals surface area (Å²) >= 11 is 3.48. The second kappa shape index (κ2) is 6.84. The highest BCUT2D eigenvalue weighted by atomic mass is 79.9. The van der Waals surface area contributed by atoms with E-state index in [1.807, 2.05) is 0 Å². The number of benzene rings is 1. The Bertz CT molecular complexity index is 417. The van der Waals surface area contributed by atoms with Crippen molar-refractivity contribution < 1.29 is 9.84 Å². The van der Waals surface area contributed by atoms with Crippen molar-refractivity contribution in [1.29, 1.82) is 0 Å². The molecule has 1 saturated heterocycles. The number of aliphatic hydroxyl groups is 1. The van der Waals surface area contributed by atoms with Crippen molar-refractivity contribution in [2.24, 2.45) is 5.41 Å². The average Bonchev–Trinajstić information content (AvgIpc) is 2.81. The lowest BCUT2D eigenvalue weighted by molar-refractivity contribution is 0.124. The van der Waals surface area contributed by atoms with Crippen molar-refractivity contribution in [1.82, 2.24) is 5.32 Å². The molecular weight excluding hydrogens is 306 g/mol. The van der Waals surface area contributed by atoms with Gasteiger partial charge in [0, 0.05) is 36.2 Å². The molecule has 1 fully saturated rings. The molecule has 1 aliphatic heterocycles. The zero-order chi connectivity index (χ0) is 13.7. The maximum atomic E-state index is 9.19. The van der Waals surface area contributed by atoms with Gasteiger partial charge in [0.2, 0.25) is 0 Å². The molecule has 2 rings (SSSR count). The van der Waals surface area contributed by atoms with Gasteiger partial charge in [0.05, 0.1) is 6.61 Å². The first-order valence-electron chi connectivity index (χ1n) is 6.80. The predicted octanol–water partition coefficient (Wildman–Crippen LogP) is 2.64. The summed E-state index contributed by atoms with van der Waals surface area (Å²) in [6.45, 7) is 5.72. The molecule has 1 aromatic rings. The number of nitrogens with one attached hydrogen (secondary N) is 1. The van der Waals surface area contributed by atoms with Crippen LogP contribution in [0.3, 0.4) is 0 Å². The Hall–Kier alpha value is -0.420. The highest BCUT2D eigenvalue weighted by molar-refractivity contribution is 9.10. The average molecular weight is 328 g/mol. The van der Waals surface area contributed by atoms with Crippen LogP contribution in [0.1, 0.15) is 24.0 Å². The van der Waals surface area contributed by atoms with E-state index in [1.54, 1.807) is 0 Å². The molecule has 0 saturated carbocycles. The maximum Gasteiger partial charge on any atom is 0.0536 e. The van der Waals surface area contributed by atoms with Crippen LogP contribution in [0.2, 0.25) is 0 Å². The van der Waals surface area contributed by atoms with Gasteiger partial charge >= 0.3 is 0 Å². The van der Waals surface area contributed by atoms with Crippen molar-refractivity contribution in [3.63, 3.8) is 0 Å². The summed E-state index contributed by atoms with van der Waals surface area (Å²) in [5.41, 5.74) is 2.74. The smallest absolute Gasteiger partial charge is 0.0536 e. The van der Waals surface area contributed by atoms with Gasteiger partial charge in [-0.1, -0.05) is 22.0 Å². The van der Waals surface area contributed by atoms with Gasteiger partial charge in [-0.15, -0.1) is 0 Å². The van der Waals surface area contributed by atoms with Crippen molar-refractivity contribution >= 4 is 15.9 Å². The number of aliphatic hydroxyl groups excluding tert-OH is 1. The monoisotopic (exact) mass is 327 g/mol. The van der Waals surface area contributed by atoms with E-state index in [1.165, 1.54) is 11.1 Å². The van der Waals surface area contributed by atoms with E-state index in [4.69, 9.17) is 4.74 Å². The molecule has 4 heteroatoms. The van der Waals surface area contributed by atoms with E-state index in [0.29, 0.717) is 0 Å². The fraction of sp³-hybridized carbons (Fsp3) is 0.600. The molecule has 0 spiro atoms. The molecule has 1 heterocycles. The SMILES string of the molecule is Cc1cc(Br)ccc1CNCC1(CCO)CCOC1. The standard InChI is InChI=1S/C15H22BrNO2/c1-12-8-14(16)3-2-13(12)9-17-10-15(4-6-18)5-7-19-11-15/h2-3,8,17-18H,4-7,9-11H2,1H3.